The number of nitrogens with one attached hydrogen (secondary N) is 1. The standard InChI is InChI=1S/C20H22FNO3/c1-24-18-11-7-16(14-19(18)25-2)8-12-20(23)22-13-3-4-15-5-9-17(21)10-6-15/h5-12,14H,3-4,13H2,1-2H3,(H,22,23)/b12-8+. The Kier molecular flexibility index (Phi) is 7.01. The van der Waals surface area contributed by atoms with Crippen LogP contribution in [0.3, 0.4) is 0 Å². The van der Waals surface area contributed by atoms with E-state index in [9.17, 15) is 9.18 Å². The van der Waals surface area contributed by atoms with Gasteiger partial charge >= 0.3 is 0 Å². The van der Waals surface area contributed by atoms with Gasteiger partial charge in [-0.05, 0) is 54.3 Å². The summed E-state index contributed by atoms with van der Waals surface area (Å²) in [5, 5.41) is 2.83. The molecule has 25 heavy (non-hydrogen) atoms. The second-order valence-corrected chi connectivity index (χ2v) is 5.47. The number of aryl methyl sites for hydroxylation is 1. The van der Waals surface area contributed by atoms with E-state index in [1.54, 1.807) is 44.6 Å². The fourth-order valence-electron chi connectivity index (χ4n) is 2.34. The molecule has 1 amide bonds. The fourth-order valence-corrected chi connectivity index (χ4v) is 2.34. The normalized spacial score (nSPS) is 10.7. The Labute approximate surface area is 147 Å². The van der Waals surface area contributed by atoms with Crippen molar-refractivity contribution in [1.82, 2.24) is 5.32 Å². The quantitative estimate of drug-likeness (QED) is 0.588. The van der Waals surface area contributed by atoms with Crippen molar-refractivity contribution in [3.05, 3.63) is 65.5 Å². The minimum absolute atomic E-state index is 0.158. The van der Waals surface area contributed by atoms with Gasteiger partial charge in [-0.2, -0.15) is 0 Å². The first kappa shape index (κ1) is 18.5. The van der Waals surface area contributed by atoms with E-state index in [-0.39, 0.29) is 11.7 Å². The van der Waals surface area contributed by atoms with Crippen LogP contribution in [0.25, 0.3) is 6.08 Å². The van der Waals surface area contributed by atoms with Gasteiger partial charge in [0, 0.05) is 12.6 Å². The lowest BCUT2D eigenvalue weighted by Gasteiger charge is -2.07. The second-order valence-electron chi connectivity index (χ2n) is 5.47. The molecule has 5 heteroatoms. The zero-order valence-electron chi connectivity index (χ0n) is 14.4. The van der Waals surface area contributed by atoms with E-state index in [1.165, 1.54) is 18.2 Å². The summed E-state index contributed by atoms with van der Waals surface area (Å²) in [4.78, 5) is 11.8. The third-order valence-corrected chi connectivity index (χ3v) is 3.69. The van der Waals surface area contributed by atoms with E-state index >= 15 is 0 Å². The van der Waals surface area contributed by atoms with Crippen molar-refractivity contribution >= 4 is 12.0 Å². The van der Waals surface area contributed by atoms with Crippen LogP contribution in [0.5, 0.6) is 11.5 Å². The molecule has 2 aromatic rings. The topological polar surface area (TPSA) is 47.6 Å². The van der Waals surface area contributed by atoms with E-state index in [4.69, 9.17) is 9.47 Å². The van der Waals surface area contributed by atoms with Gasteiger partial charge in [0.15, 0.2) is 11.5 Å². The van der Waals surface area contributed by atoms with Crippen LogP contribution in [-0.2, 0) is 11.2 Å². The maximum atomic E-state index is 12.8. The largest absolute Gasteiger partial charge is 0.493 e. The summed E-state index contributed by atoms with van der Waals surface area (Å²) >= 11 is 0. The van der Waals surface area contributed by atoms with E-state index in [2.05, 4.69) is 5.32 Å². The first-order valence-electron chi connectivity index (χ1n) is 8.05. The van der Waals surface area contributed by atoms with Crippen molar-refractivity contribution < 1.29 is 18.7 Å². The van der Waals surface area contributed by atoms with Gasteiger partial charge in [0.2, 0.25) is 5.91 Å². The summed E-state index contributed by atoms with van der Waals surface area (Å²) in [6.07, 6.45) is 4.79. The van der Waals surface area contributed by atoms with Crippen LogP contribution < -0.4 is 14.8 Å². The first-order valence-corrected chi connectivity index (χ1v) is 8.05. The molecule has 4 nitrogen and oxygen atoms in total. The van der Waals surface area contributed by atoms with Gasteiger partial charge in [0.25, 0.3) is 0 Å². The number of halogens is 1. The van der Waals surface area contributed by atoms with E-state index in [0.717, 1.165) is 24.0 Å². The number of methoxy groups -OCH3 is 2. The van der Waals surface area contributed by atoms with Crippen LogP contribution in [0, 0.1) is 5.82 Å². The number of carbonyl (C=O) groups excluding carboxylic acids is 1. The lowest BCUT2D eigenvalue weighted by molar-refractivity contribution is -0.116. The van der Waals surface area contributed by atoms with Gasteiger partial charge < -0.3 is 14.8 Å². The van der Waals surface area contributed by atoms with Crippen molar-refractivity contribution in [1.29, 1.82) is 0 Å². The number of ether oxygens (including phenoxy) is 2. The highest BCUT2D eigenvalue weighted by Gasteiger charge is 2.03. The summed E-state index contributed by atoms with van der Waals surface area (Å²) in [7, 11) is 3.14. The summed E-state index contributed by atoms with van der Waals surface area (Å²) < 4.78 is 23.2. The van der Waals surface area contributed by atoms with Crippen LogP contribution in [0.2, 0.25) is 0 Å². The monoisotopic (exact) mass is 343 g/mol. The molecule has 0 aliphatic heterocycles. The zero-order chi connectivity index (χ0) is 18.1. The molecule has 0 radical (unpaired) electrons. The Morgan fingerprint density at radius 3 is 2.48 bits per heavy atom. The minimum Gasteiger partial charge on any atom is -0.493 e. The van der Waals surface area contributed by atoms with E-state index < -0.39 is 0 Å². The van der Waals surface area contributed by atoms with Crippen molar-refractivity contribution in [2.45, 2.75) is 12.8 Å². The molecule has 0 aliphatic carbocycles. The highest BCUT2D eigenvalue weighted by molar-refractivity contribution is 5.91. The predicted octanol–water partition coefficient (Wildman–Crippen LogP) is 3.61. The molecule has 0 aromatic heterocycles. The van der Waals surface area contributed by atoms with Gasteiger partial charge in [-0.15, -0.1) is 0 Å². The molecule has 132 valence electrons. The zero-order valence-corrected chi connectivity index (χ0v) is 14.4. The van der Waals surface area contributed by atoms with Crippen LogP contribution in [-0.4, -0.2) is 26.7 Å². The Hall–Kier alpha value is -2.82. The average molecular weight is 343 g/mol. The maximum absolute atomic E-state index is 12.8. The van der Waals surface area contributed by atoms with Gasteiger partial charge in [-0.3, -0.25) is 4.79 Å². The number of carbonyl (C=O) groups is 1. The molecule has 0 fully saturated rings. The molecular weight excluding hydrogens is 321 g/mol. The van der Waals surface area contributed by atoms with E-state index in [0.29, 0.717) is 18.0 Å². The number of amides is 1. The Bertz CT molecular complexity index is 726. The average Bonchev–Trinajstić information content (AvgIpc) is 2.64. The van der Waals surface area contributed by atoms with Gasteiger partial charge in [0.1, 0.15) is 5.82 Å². The smallest absolute Gasteiger partial charge is 0.243 e. The lowest BCUT2D eigenvalue weighted by atomic mass is 10.1. The number of rotatable bonds is 8. The second kappa shape index (κ2) is 9.47. The highest BCUT2D eigenvalue weighted by atomic mass is 19.1. The van der Waals surface area contributed by atoms with Crippen LogP contribution in [0.15, 0.2) is 48.5 Å². The molecule has 2 rings (SSSR count). The van der Waals surface area contributed by atoms with E-state index in [1.807, 2.05) is 6.07 Å². The van der Waals surface area contributed by atoms with Gasteiger partial charge in [0.05, 0.1) is 14.2 Å². The Balaban J connectivity index is 1.77. The Morgan fingerprint density at radius 1 is 1.08 bits per heavy atom. The summed E-state index contributed by atoms with van der Waals surface area (Å²) in [5.74, 6) is 0.862. The molecule has 0 spiro atoms. The predicted molar refractivity (Wildman–Crippen MR) is 96.3 cm³/mol. The maximum Gasteiger partial charge on any atom is 0.243 e. The minimum atomic E-state index is -0.239. The summed E-state index contributed by atoms with van der Waals surface area (Å²) in [6, 6.07) is 11.8. The number of benzene rings is 2. The molecule has 0 unspecified atom stereocenters. The molecule has 0 aliphatic rings. The lowest BCUT2D eigenvalue weighted by Crippen LogP contribution is -2.22. The number of hydrogen-bond donors (Lipinski definition) is 1. The molecule has 1 N–H and O–H groups in total. The molecule has 0 bridgehead atoms. The molecule has 0 saturated heterocycles. The third kappa shape index (κ3) is 5.95. The third-order valence-electron chi connectivity index (χ3n) is 3.69. The molecular formula is C20H22FNO3. The Morgan fingerprint density at radius 2 is 1.80 bits per heavy atom. The van der Waals surface area contributed by atoms with Crippen molar-refractivity contribution in [3.63, 3.8) is 0 Å². The first-order chi connectivity index (χ1) is 12.1. The fraction of sp³-hybridized carbons (Fsp3) is 0.250. The van der Waals surface area contributed by atoms with Crippen molar-refractivity contribution in [3.8, 4) is 11.5 Å². The van der Waals surface area contributed by atoms with Crippen LogP contribution in [0.1, 0.15) is 17.5 Å². The highest BCUT2D eigenvalue weighted by Crippen LogP contribution is 2.27. The molecule has 0 atom stereocenters. The van der Waals surface area contributed by atoms with Gasteiger partial charge in [-0.1, -0.05) is 18.2 Å². The van der Waals surface area contributed by atoms with Crippen molar-refractivity contribution in [2.24, 2.45) is 0 Å². The summed E-state index contributed by atoms with van der Waals surface area (Å²) in [5.41, 5.74) is 1.90. The summed E-state index contributed by atoms with van der Waals surface area (Å²) in [6.45, 7) is 0.562. The molecule has 2 aromatic carbocycles. The van der Waals surface area contributed by atoms with Gasteiger partial charge in [-0.25, -0.2) is 4.39 Å². The van der Waals surface area contributed by atoms with Crippen molar-refractivity contribution in [2.75, 3.05) is 20.8 Å². The molecule has 0 heterocycles. The molecule has 0 saturated carbocycles. The number of hydrogen-bond acceptors (Lipinski definition) is 3. The SMILES string of the molecule is COc1ccc(/C=C/C(=O)NCCCc2ccc(F)cc2)cc1OC. The van der Waals surface area contributed by atoms with Crippen LogP contribution >= 0.6 is 0 Å². The van der Waals surface area contributed by atoms with Crippen LogP contribution in [0.4, 0.5) is 4.39 Å².